The highest BCUT2D eigenvalue weighted by Crippen LogP contribution is 2.53. The van der Waals surface area contributed by atoms with E-state index < -0.39 is 99.2 Å². The quantitative estimate of drug-likeness (QED) is 0.0122. The van der Waals surface area contributed by atoms with Gasteiger partial charge in [0.1, 0.15) is 43.2 Å². The third kappa shape index (κ3) is 33.8. The fourth-order valence-corrected chi connectivity index (χ4v) is 10.4. The van der Waals surface area contributed by atoms with Crippen LogP contribution in [0.4, 0.5) is 0 Å². The Bertz CT molecular complexity index is 1490. The average Bonchev–Trinajstić information content (AvgIpc) is 3.22. The van der Waals surface area contributed by atoms with Crippen LogP contribution >= 0.6 is 43.9 Å². The molecule has 0 spiro atoms. The van der Waals surface area contributed by atoms with Crippen LogP contribution in [0.15, 0.2) is 0 Å². The molecule has 0 aromatic rings. The SMILES string of the molecule is CCCCCCCCCCCCCCCC(=O)O[C@H](COC(=O)CCCCCCCCCCCCCCS)COP(=O)(O)OC1C(O)[C@H](OP(=O)(O)O)C(OP(=O)(O)O)[C@H](OP(=O)(O)O)[C@@H]1O. The van der Waals surface area contributed by atoms with E-state index in [4.69, 9.17) is 18.5 Å². The molecule has 0 heterocycles. The topological polar surface area (TPSA) is 349 Å². The second kappa shape index (κ2) is 35.7. The molecular weight excluding hydrogens is 988 g/mol. The number of carbonyl (C=O) groups is 2. The third-order valence-electron chi connectivity index (χ3n) is 11.0. The Morgan fingerprint density at radius 3 is 1.18 bits per heavy atom. The van der Waals surface area contributed by atoms with Crippen LogP contribution in [-0.4, -0.2) is 118 Å². The van der Waals surface area contributed by atoms with Crippen LogP contribution in [0.1, 0.15) is 180 Å². The van der Waals surface area contributed by atoms with E-state index in [1.54, 1.807) is 0 Å². The fraction of sp³-hybridized carbons (Fsp3) is 0.950. The number of phosphoric ester groups is 4. The van der Waals surface area contributed by atoms with E-state index in [0.717, 1.165) is 76.4 Å². The summed E-state index contributed by atoms with van der Waals surface area (Å²) in [6, 6.07) is 0. The Labute approximate surface area is 401 Å². The van der Waals surface area contributed by atoms with Crippen LogP contribution in [0.2, 0.25) is 0 Å². The van der Waals surface area contributed by atoms with Gasteiger partial charge in [-0.3, -0.25) is 32.2 Å². The summed E-state index contributed by atoms with van der Waals surface area (Å²) < 4.78 is 82.0. The summed E-state index contributed by atoms with van der Waals surface area (Å²) in [5.41, 5.74) is 0. The number of thiol groups is 1. The van der Waals surface area contributed by atoms with Crippen LogP contribution in [0.5, 0.6) is 0 Å². The Balaban J connectivity index is 2.91. The van der Waals surface area contributed by atoms with Crippen LogP contribution in [0.25, 0.3) is 0 Å². The molecule has 4 unspecified atom stereocenters. The molecule has 8 atom stereocenters. The zero-order valence-corrected chi connectivity index (χ0v) is 43.3. The number of phosphoric acid groups is 4. The molecule has 1 aliphatic carbocycles. The van der Waals surface area contributed by atoms with Crippen molar-refractivity contribution in [3.8, 4) is 0 Å². The normalized spacial score (nSPS) is 21.8. The Morgan fingerprint density at radius 1 is 0.463 bits per heavy atom. The average molecular weight is 1070 g/mol. The second-order valence-electron chi connectivity index (χ2n) is 17.0. The standard InChI is InChI=1S/C40H80O22P4S/c1-2-3-4-5-6-7-8-9-13-16-19-22-25-28-34(42)58-32(30-56-33(41)27-24-21-18-15-12-10-11-14-17-20-23-26-29-67)31-57-66(54,55)62-37-35(43)38(59-63(45,46)47)40(61-65(51,52)53)39(36(37)44)60-64(48,49)50/h32,35-40,43-44,67H,2-31H2,1H3,(H,54,55)(H2,45,46,47)(H2,48,49,50)(H2,51,52,53)/t32-,35-,36?,37?,38-,39+,40?/m1/s1. The van der Waals surface area contributed by atoms with E-state index in [0.29, 0.717) is 12.8 Å². The molecule has 9 N–H and O–H groups in total. The number of aliphatic hydroxyl groups excluding tert-OH is 2. The van der Waals surface area contributed by atoms with Crippen molar-refractivity contribution < 1.29 is 104 Å². The van der Waals surface area contributed by atoms with Gasteiger partial charge < -0.3 is 53.9 Å². The molecule has 1 rings (SSSR count). The van der Waals surface area contributed by atoms with E-state index in [2.05, 4.69) is 33.1 Å². The number of carbonyl (C=O) groups excluding carboxylic acids is 2. The van der Waals surface area contributed by atoms with Crippen LogP contribution in [0.3, 0.4) is 0 Å². The summed E-state index contributed by atoms with van der Waals surface area (Å²) in [4.78, 5) is 92.7. The Kier molecular flexibility index (Phi) is 34.5. The molecule has 0 aromatic carbocycles. The van der Waals surface area contributed by atoms with Gasteiger partial charge in [0.2, 0.25) is 0 Å². The summed E-state index contributed by atoms with van der Waals surface area (Å²) in [6.07, 6.45) is 8.72. The number of esters is 2. The number of aliphatic hydroxyl groups is 2. The molecule has 0 amide bonds. The Hall–Kier alpha value is -0.350. The van der Waals surface area contributed by atoms with E-state index in [9.17, 15) is 72.3 Å². The summed E-state index contributed by atoms with van der Waals surface area (Å²) in [6.45, 7) is 0.550. The molecule has 1 fully saturated rings. The monoisotopic (exact) mass is 1070 g/mol. The zero-order valence-electron chi connectivity index (χ0n) is 38.8. The molecular formula is C40H80O22P4S. The van der Waals surface area contributed by atoms with Gasteiger partial charge in [-0.2, -0.15) is 12.6 Å². The molecule has 67 heavy (non-hydrogen) atoms. The maximum Gasteiger partial charge on any atom is 0.472 e. The predicted octanol–water partition coefficient (Wildman–Crippen LogP) is 7.60. The number of hydrogen-bond acceptors (Lipinski definition) is 16. The van der Waals surface area contributed by atoms with Crippen molar-refractivity contribution >= 4 is 55.9 Å². The van der Waals surface area contributed by atoms with Crippen LogP contribution in [0, 0.1) is 0 Å². The lowest BCUT2D eigenvalue weighted by molar-refractivity contribution is -0.209. The minimum atomic E-state index is -5.78. The van der Waals surface area contributed by atoms with E-state index in [-0.39, 0.29) is 12.8 Å². The maximum atomic E-state index is 13.2. The first-order valence-electron chi connectivity index (χ1n) is 23.7. The van der Waals surface area contributed by atoms with E-state index in [1.807, 2.05) is 0 Å². The lowest BCUT2D eigenvalue weighted by Gasteiger charge is -2.45. The first kappa shape index (κ1) is 64.7. The maximum absolute atomic E-state index is 13.2. The Morgan fingerprint density at radius 2 is 0.806 bits per heavy atom. The molecule has 27 heteroatoms. The van der Waals surface area contributed by atoms with Gasteiger partial charge in [-0.25, -0.2) is 18.3 Å². The summed E-state index contributed by atoms with van der Waals surface area (Å²) in [5, 5.41) is 21.8. The predicted molar refractivity (Wildman–Crippen MR) is 248 cm³/mol. The van der Waals surface area contributed by atoms with Crippen LogP contribution in [-0.2, 0) is 59.9 Å². The van der Waals surface area contributed by atoms with E-state index >= 15 is 0 Å². The lowest BCUT2D eigenvalue weighted by atomic mass is 9.85. The zero-order chi connectivity index (χ0) is 50.4. The molecule has 1 aliphatic rings. The van der Waals surface area contributed by atoms with Gasteiger partial charge in [-0.05, 0) is 25.0 Å². The molecule has 0 radical (unpaired) electrons. The fourth-order valence-electron chi connectivity index (χ4n) is 7.53. The highest BCUT2D eigenvalue weighted by Gasteiger charge is 2.59. The minimum absolute atomic E-state index is 0.0360. The first-order valence-corrected chi connectivity index (χ1v) is 30.4. The molecule has 398 valence electrons. The molecule has 1 saturated carbocycles. The van der Waals surface area contributed by atoms with Crippen molar-refractivity contribution in [1.82, 2.24) is 0 Å². The first-order chi connectivity index (χ1) is 31.5. The van der Waals surface area contributed by atoms with Gasteiger partial charge in [0.05, 0.1) is 6.61 Å². The van der Waals surface area contributed by atoms with Gasteiger partial charge in [-0.1, -0.05) is 148 Å². The lowest BCUT2D eigenvalue weighted by Crippen LogP contribution is -2.65. The van der Waals surface area contributed by atoms with Gasteiger partial charge in [-0.15, -0.1) is 0 Å². The van der Waals surface area contributed by atoms with Crippen molar-refractivity contribution in [3.63, 3.8) is 0 Å². The van der Waals surface area contributed by atoms with Crippen molar-refractivity contribution in [2.24, 2.45) is 0 Å². The smallest absolute Gasteiger partial charge is 0.462 e. The number of ether oxygens (including phenoxy) is 2. The molecule has 0 saturated heterocycles. The minimum Gasteiger partial charge on any atom is -0.462 e. The molecule has 22 nitrogen and oxygen atoms in total. The van der Waals surface area contributed by atoms with Gasteiger partial charge in [0, 0.05) is 12.8 Å². The number of hydrogen-bond donors (Lipinski definition) is 10. The molecule has 0 aliphatic heterocycles. The van der Waals surface area contributed by atoms with Gasteiger partial charge in [0.25, 0.3) is 0 Å². The van der Waals surface area contributed by atoms with Crippen molar-refractivity contribution in [2.75, 3.05) is 19.0 Å². The summed E-state index contributed by atoms with van der Waals surface area (Å²) >= 11 is 4.23. The van der Waals surface area contributed by atoms with Crippen molar-refractivity contribution in [2.45, 2.75) is 223 Å². The largest absolute Gasteiger partial charge is 0.472 e. The van der Waals surface area contributed by atoms with Crippen molar-refractivity contribution in [1.29, 1.82) is 0 Å². The number of rotatable bonds is 42. The summed E-state index contributed by atoms with van der Waals surface area (Å²) in [5.74, 6) is -0.478. The number of unbranched alkanes of at least 4 members (excludes halogenated alkanes) is 23. The van der Waals surface area contributed by atoms with Gasteiger partial charge >= 0.3 is 43.2 Å². The van der Waals surface area contributed by atoms with Crippen molar-refractivity contribution in [3.05, 3.63) is 0 Å². The molecule has 0 aromatic heterocycles. The molecule has 0 bridgehead atoms. The van der Waals surface area contributed by atoms with Crippen LogP contribution < -0.4 is 0 Å². The second-order valence-corrected chi connectivity index (χ2v) is 22.4. The van der Waals surface area contributed by atoms with E-state index in [1.165, 1.54) is 77.0 Å². The highest BCUT2D eigenvalue weighted by atomic mass is 32.1. The van der Waals surface area contributed by atoms with Gasteiger partial charge in [0.15, 0.2) is 6.10 Å². The summed E-state index contributed by atoms with van der Waals surface area (Å²) in [7, 11) is -23.0. The highest BCUT2D eigenvalue weighted by molar-refractivity contribution is 7.80. The third-order valence-corrected chi connectivity index (χ3v) is 13.8.